The summed E-state index contributed by atoms with van der Waals surface area (Å²) >= 11 is 0. The van der Waals surface area contributed by atoms with Gasteiger partial charge in [0.05, 0.1) is 24.2 Å². The third-order valence-electron chi connectivity index (χ3n) is 3.48. The number of fused-ring (bicyclic) bond motifs is 3. The molecule has 2 aromatic rings. The molecule has 7 heteroatoms. The predicted molar refractivity (Wildman–Crippen MR) is 80.5 cm³/mol. The molecule has 0 amide bonds. The summed E-state index contributed by atoms with van der Waals surface area (Å²) in [5.74, 6) is -0.197. The molecule has 2 bridgehead atoms. The van der Waals surface area contributed by atoms with Gasteiger partial charge in [0.25, 0.3) is 10.1 Å². The molecular formula is C16H14O6S. The van der Waals surface area contributed by atoms with E-state index in [1.807, 2.05) is 0 Å². The zero-order chi connectivity index (χ0) is 16.4. The number of hydrogen-bond donors (Lipinski definition) is 0. The van der Waals surface area contributed by atoms with Crippen molar-refractivity contribution in [1.82, 2.24) is 0 Å². The van der Waals surface area contributed by atoms with Crippen LogP contribution in [0.3, 0.4) is 0 Å². The van der Waals surface area contributed by atoms with E-state index in [-0.39, 0.29) is 23.7 Å². The van der Waals surface area contributed by atoms with Crippen LogP contribution in [0.4, 0.5) is 0 Å². The van der Waals surface area contributed by atoms with Crippen molar-refractivity contribution in [3.8, 4) is 5.75 Å². The van der Waals surface area contributed by atoms with Crippen molar-refractivity contribution in [2.75, 3.05) is 7.11 Å². The van der Waals surface area contributed by atoms with Crippen LogP contribution in [0.15, 0.2) is 47.4 Å². The highest BCUT2D eigenvalue weighted by molar-refractivity contribution is 7.86. The number of carbonyl (C=O) groups is 1. The second-order valence-electron chi connectivity index (χ2n) is 4.93. The van der Waals surface area contributed by atoms with Crippen molar-refractivity contribution in [3.63, 3.8) is 0 Å². The summed E-state index contributed by atoms with van der Waals surface area (Å²) in [7, 11) is -2.67. The number of hydrogen-bond acceptors (Lipinski definition) is 6. The lowest BCUT2D eigenvalue weighted by molar-refractivity contribution is 0.0596. The van der Waals surface area contributed by atoms with Crippen LogP contribution in [0.1, 0.15) is 21.5 Å². The highest BCUT2D eigenvalue weighted by Gasteiger charge is 2.23. The van der Waals surface area contributed by atoms with Gasteiger partial charge in [-0.3, -0.25) is 4.18 Å². The average Bonchev–Trinajstić information content (AvgIpc) is 2.57. The minimum Gasteiger partial charge on any atom is -0.489 e. The second-order valence-corrected chi connectivity index (χ2v) is 6.54. The van der Waals surface area contributed by atoms with Crippen molar-refractivity contribution in [3.05, 3.63) is 59.2 Å². The van der Waals surface area contributed by atoms with E-state index in [0.717, 1.165) is 0 Å². The van der Waals surface area contributed by atoms with Crippen LogP contribution in [-0.2, 0) is 32.3 Å². The maximum absolute atomic E-state index is 12.3. The first-order chi connectivity index (χ1) is 11.0. The Balaban J connectivity index is 2.11. The van der Waals surface area contributed by atoms with Crippen molar-refractivity contribution in [2.45, 2.75) is 18.1 Å². The monoisotopic (exact) mass is 334 g/mol. The van der Waals surface area contributed by atoms with Crippen molar-refractivity contribution in [1.29, 1.82) is 0 Å². The standard InChI is InChI=1S/C16H14O6S/c1-20-16(17)13-6-3-7-15-14(13)10-22-23(18,19)12-5-2-4-11(8-12)9-21-15/h2-8H,9-10H2,1H3. The molecule has 0 saturated carbocycles. The lowest BCUT2D eigenvalue weighted by Gasteiger charge is -2.17. The van der Waals surface area contributed by atoms with Gasteiger partial charge in [-0.2, -0.15) is 8.42 Å². The molecule has 0 saturated heterocycles. The molecule has 0 radical (unpaired) electrons. The number of benzene rings is 2. The molecule has 0 spiro atoms. The Morgan fingerprint density at radius 2 is 1.91 bits per heavy atom. The summed E-state index contributed by atoms with van der Waals surface area (Å²) in [6.07, 6.45) is 0. The second kappa shape index (κ2) is 6.02. The van der Waals surface area contributed by atoms with E-state index in [1.165, 1.54) is 25.3 Å². The van der Waals surface area contributed by atoms with Crippen molar-refractivity contribution in [2.24, 2.45) is 0 Å². The Labute approximate surface area is 133 Å². The molecule has 23 heavy (non-hydrogen) atoms. The van der Waals surface area contributed by atoms with E-state index in [9.17, 15) is 13.2 Å². The van der Waals surface area contributed by atoms with Crippen LogP contribution in [0, 0.1) is 0 Å². The molecule has 3 rings (SSSR count). The molecule has 0 atom stereocenters. The molecule has 0 fully saturated rings. The van der Waals surface area contributed by atoms with E-state index in [4.69, 9.17) is 13.7 Å². The van der Waals surface area contributed by atoms with Gasteiger partial charge in [0.1, 0.15) is 12.4 Å². The Kier molecular flexibility index (Phi) is 4.06. The first-order valence-corrected chi connectivity index (χ1v) is 8.23. The van der Waals surface area contributed by atoms with Crippen LogP contribution in [0.25, 0.3) is 0 Å². The quantitative estimate of drug-likeness (QED) is 0.588. The molecule has 0 aliphatic carbocycles. The topological polar surface area (TPSA) is 78.9 Å². The Bertz CT molecular complexity index is 857. The highest BCUT2D eigenvalue weighted by atomic mass is 32.2. The van der Waals surface area contributed by atoms with Gasteiger partial charge in [-0.05, 0) is 29.8 Å². The van der Waals surface area contributed by atoms with Gasteiger partial charge < -0.3 is 9.47 Å². The first kappa shape index (κ1) is 15.5. The van der Waals surface area contributed by atoms with Gasteiger partial charge in [-0.1, -0.05) is 18.2 Å². The molecule has 0 N–H and O–H groups in total. The Morgan fingerprint density at radius 3 is 2.70 bits per heavy atom. The summed E-state index contributed by atoms with van der Waals surface area (Å²) in [5, 5.41) is 0. The highest BCUT2D eigenvalue weighted by Crippen LogP contribution is 2.28. The largest absolute Gasteiger partial charge is 0.489 e. The van der Waals surface area contributed by atoms with Crippen molar-refractivity contribution < 1.29 is 26.9 Å². The van der Waals surface area contributed by atoms with Crippen LogP contribution in [0.5, 0.6) is 5.75 Å². The summed E-state index contributed by atoms with van der Waals surface area (Å²) in [4.78, 5) is 11.9. The summed E-state index contributed by atoms with van der Waals surface area (Å²) in [6.45, 7) is -0.131. The Morgan fingerprint density at radius 1 is 1.13 bits per heavy atom. The first-order valence-electron chi connectivity index (χ1n) is 6.82. The summed E-state index contributed by atoms with van der Waals surface area (Å²) in [5.41, 5.74) is 1.24. The van der Waals surface area contributed by atoms with E-state index >= 15 is 0 Å². The van der Waals surface area contributed by atoms with Gasteiger partial charge >= 0.3 is 5.97 Å². The van der Waals surface area contributed by atoms with Gasteiger partial charge in [0.15, 0.2) is 0 Å². The van der Waals surface area contributed by atoms with Crippen LogP contribution < -0.4 is 4.74 Å². The predicted octanol–water partition coefficient (Wildman–Crippen LogP) is 2.27. The van der Waals surface area contributed by atoms with E-state index in [1.54, 1.807) is 24.3 Å². The normalized spacial score (nSPS) is 15.9. The fraction of sp³-hybridized carbons (Fsp3) is 0.188. The van der Waals surface area contributed by atoms with E-state index in [2.05, 4.69) is 0 Å². The average molecular weight is 334 g/mol. The number of esters is 1. The number of ether oxygens (including phenoxy) is 2. The maximum Gasteiger partial charge on any atom is 0.338 e. The number of carbonyl (C=O) groups excluding carboxylic acids is 1. The lowest BCUT2D eigenvalue weighted by atomic mass is 10.1. The maximum atomic E-state index is 12.3. The molecule has 120 valence electrons. The molecule has 0 unspecified atom stereocenters. The lowest BCUT2D eigenvalue weighted by Crippen LogP contribution is -2.14. The Hall–Kier alpha value is -2.38. The van der Waals surface area contributed by atoms with Gasteiger partial charge in [-0.15, -0.1) is 0 Å². The smallest absolute Gasteiger partial charge is 0.338 e. The van der Waals surface area contributed by atoms with E-state index < -0.39 is 16.1 Å². The molecule has 1 aliphatic rings. The van der Waals surface area contributed by atoms with E-state index in [0.29, 0.717) is 16.9 Å². The fourth-order valence-electron chi connectivity index (χ4n) is 2.31. The molecule has 1 heterocycles. The van der Waals surface area contributed by atoms with Gasteiger partial charge in [0.2, 0.25) is 0 Å². The third kappa shape index (κ3) is 3.06. The molecular weight excluding hydrogens is 320 g/mol. The minimum absolute atomic E-state index is 0.0533. The zero-order valence-electron chi connectivity index (χ0n) is 12.3. The van der Waals surface area contributed by atoms with Crippen LogP contribution in [0.2, 0.25) is 0 Å². The minimum atomic E-state index is -3.92. The molecule has 1 aliphatic heterocycles. The van der Waals surface area contributed by atoms with Gasteiger partial charge in [0, 0.05) is 5.56 Å². The third-order valence-corrected chi connectivity index (χ3v) is 4.74. The molecule has 6 nitrogen and oxygen atoms in total. The molecule has 2 aromatic carbocycles. The van der Waals surface area contributed by atoms with Crippen LogP contribution in [-0.4, -0.2) is 21.5 Å². The van der Waals surface area contributed by atoms with Crippen molar-refractivity contribution >= 4 is 16.1 Å². The summed E-state index contributed by atoms with van der Waals surface area (Å²) in [6, 6.07) is 11.2. The number of methoxy groups -OCH3 is 1. The summed E-state index contributed by atoms with van der Waals surface area (Å²) < 4.78 is 40.1. The van der Waals surface area contributed by atoms with Crippen LogP contribution >= 0.6 is 0 Å². The number of rotatable bonds is 1. The zero-order valence-corrected chi connectivity index (χ0v) is 13.1. The molecule has 0 aromatic heterocycles. The van der Waals surface area contributed by atoms with Gasteiger partial charge in [-0.25, -0.2) is 4.79 Å². The fourth-order valence-corrected chi connectivity index (χ4v) is 3.26. The SMILES string of the molecule is COC(=O)c1cccc2c1COS(=O)(=O)c1cccc(c1)CO2.